The summed E-state index contributed by atoms with van der Waals surface area (Å²) in [5.74, 6) is 0.470. The Morgan fingerprint density at radius 3 is 1.33 bits per heavy atom. The summed E-state index contributed by atoms with van der Waals surface area (Å²) in [5.41, 5.74) is 0.547. The van der Waals surface area contributed by atoms with Gasteiger partial charge < -0.3 is 70.4 Å². The third kappa shape index (κ3) is 13.7. The number of ether oxygens (including phenoxy) is 4. The quantitative estimate of drug-likeness (QED) is 0.0433. The molecule has 14 nitrogen and oxygen atoms in total. The van der Waals surface area contributed by atoms with E-state index in [2.05, 4.69) is 24.5 Å². The molecule has 57 heavy (non-hydrogen) atoms. The molecule has 2 aromatic rings. The van der Waals surface area contributed by atoms with Crippen molar-refractivity contribution in [2.45, 2.75) is 150 Å². The van der Waals surface area contributed by atoms with E-state index in [-0.39, 0.29) is 36.1 Å². The summed E-state index contributed by atoms with van der Waals surface area (Å²) in [7, 11) is 0. The summed E-state index contributed by atoms with van der Waals surface area (Å²) >= 11 is 0.452. The summed E-state index contributed by atoms with van der Waals surface area (Å²) < 4.78 is 23.3. The van der Waals surface area contributed by atoms with E-state index in [0.29, 0.717) is 36.5 Å². The number of hydrogen-bond donors (Lipinski definition) is 10. The van der Waals surface area contributed by atoms with E-state index >= 15 is 0 Å². The van der Waals surface area contributed by atoms with E-state index < -0.39 is 59.6 Å². The fraction of sp³-hybridized carbons (Fsp3) is 0.714. The van der Waals surface area contributed by atoms with E-state index in [1.54, 1.807) is 12.1 Å². The highest BCUT2D eigenvalue weighted by Crippen LogP contribution is 2.49. The molecule has 4 rings (SSSR count). The normalized spacial score (nSPS) is 27.6. The Bertz CT molecular complexity index is 1350. The highest BCUT2D eigenvalue weighted by atomic mass is 32.2. The lowest BCUT2D eigenvalue weighted by Crippen LogP contribution is -2.71. The number of aliphatic hydroxyl groups excluding tert-OH is 4. The van der Waals surface area contributed by atoms with Gasteiger partial charge in [0, 0.05) is 47.8 Å². The highest BCUT2D eigenvalue weighted by molar-refractivity contribution is 8.01. The lowest BCUT2D eigenvalue weighted by molar-refractivity contribution is -0.174. The Kier molecular flexibility index (Phi) is 19.6. The maximum absolute atomic E-state index is 12.5. The lowest BCUT2D eigenvalue weighted by atomic mass is 9.95. The Balaban J connectivity index is 1.52. The number of rotatable bonds is 26. The van der Waals surface area contributed by atoms with Crippen molar-refractivity contribution in [3.8, 4) is 23.0 Å². The zero-order chi connectivity index (χ0) is 41.3. The smallest absolute Gasteiger partial charge is 0.164 e. The second-order valence-corrected chi connectivity index (χ2v) is 16.9. The van der Waals surface area contributed by atoms with Crippen LogP contribution in [0.1, 0.15) is 104 Å². The molecule has 2 heterocycles. The van der Waals surface area contributed by atoms with Gasteiger partial charge in [-0.2, -0.15) is 0 Å². The van der Waals surface area contributed by atoms with Crippen molar-refractivity contribution in [2.75, 3.05) is 50.3 Å². The topological polar surface area (TPSA) is 223 Å². The van der Waals surface area contributed by atoms with Crippen molar-refractivity contribution in [3.63, 3.8) is 0 Å². The van der Waals surface area contributed by atoms with Crippen LogP contribution in [-0.2, 0) is 9.47 Å². The van der Waals surface area contributed by atoms with E-state index in [1.165, 1.54) is 75.6 Å². The minimum Gasteiger partial charge on any atom is -0.508 e. The molecule has 2 aliphatic heterocycles. The first-order chi connectivity index (χ1) is 27.5. The molecule has 0 spiro atoms. The molecule has 0 aliphatic carbocycles. The van der Waals surface area contributed by atoms with Gasteiger partial charge >= 0.3 is 0 Å². The second-order valence-electron chi connectivity index (χ2n) is 15.4. The molecule has 0 amide bonds. The number of nitrogens with one attached hydrogen (secondary N) is 2. The summed E-state index contributed by atoms with van der Waals surface area (Å²) in [6.45, 7) is 3.19. The molecule has 2 saturated heterocycles. The predicted molar refractivity (Wildman–Crippen MR) is 221 cm³/mol. The Labute approximate surface area is 341 Å². The number of unbranched alkanes of at least 4 members (excludes halogenated alkanes) is 12. The molecule has 2 fully saturated rings. The molecule has 2 aliphatic rings. The summed E-state index contributed by atoms with van der Waals surface area (Å²) in [6.07, 6.45) is 9.99. The van der Waals surface area contributed by atoms with Gasteiger partial charge in [0.05, 0.1) is 51.7 Å². The van der Waals surface area contributed by atoms with Gasteiger partial charge in [-0.3, -0.25) is 0 Å². The van der Waals surface area contributed by atoms with Crippen LogP contribution in [0.25, 0.3) is 0 Å². The zero-order valence-electron chi connectivity index (χ0n) is 33.7. The van der Waals surface area contributed by atoms with Gasteiger partial charge in [0.15, 0.2) is 9.87 Å². The molecule has 0 unspecified atom stereocenters. The van der Waals surface area contributed by atoms with Crippen LogP contribution in [0.3, 0.4) is 0 Å². The maximum Gasteiger partial charge on any atom is 0.164 e. The second kappa shape index (κ2) is 23.8. The van der Waals surface area contributed by atoms with Crippen LogP contribution in [0.2, 0.25) is 0 Å². The van der Waals surface area contributed by atoms with Crippen LogP contribution in [0.4, 0.5) is 11.4 Å². The van der Waals surface area contributed by atoms with Gasteiger partial charge in [-0.15, -0.1) is 0 Å². The number of phenolic OH excluding ortho intramolecular Hbond substituents is 2. The predicted octanol–water partition coefficient (Wildman–Crippen LogP) is 5.23. The van der Waals surface area contributed by atoms with Crippen molar-refractivity contribution in [3.05, 3.63) is 36.4 Å². The minimum atomic E-state index is -2.34. The molecule has 0 aromatic heterocycles. The monoisotopic (exact) mass is 824 g/mol. The van der Waals surface area contributed by atoms with Gasteiger partial charge in [0.2, 0.25) is 0 Å². The van der Waals surface area contributed by atoms with Crippen molar-refractivity contribution >= 4 is 23.1 Å². The third-order valence-electron chi connectivity index (χ3n) is 10.6. The SMILES string of the molecule is CCCCCCCCCOc1cc(O)cc(N[C@H]2[C@@H](O)CO[C@H](CO)[C@]2(O)S[C@@]2(O)[C@@H](CO)OC[C@H](O)[C@@H]2Nc2cc(O)cc(OCCCCCCCCC)c2)c1. The molecule has 15 heteroatoms. The lowest BCUT2D eigenvalue weighted by Gasteiger charge is -2.54. The van der Waals surface area contributed by atoms with Crippen LogP contribution in [-0.4, -0.2) is 127 Å². The van der Waals surface area contributed by atoms with Gasteiger partial charge in [-0.1, -0.05) is 103 Å². The number of phenols is 2. The van der Waals surface area contributed by atoms with Crippen molar-refractivity contribution < 1.29 is 59.8 Å². The molecular weight excluding hydrogens is 757 g/mol. The van der Waals surface area contributed by atoms with Gasteiger partial charge in [0.25, 0.3) is 0 Å². The maximum atomic E-state index is 12.5. The van der Waals surface area contributed by atoms with E-state index in [0.717, 1.165) is 38.5 Å². The summed E-state index contributed by atoms with van der Waals surface area (Å²) in [4.78, 5) is -4.69. The third-order valence-corrected chi connectivity index (χ3v) is 12.3. The molecule has 10 N–H and O–H groups in total. The fourth-order valence-electron chi connectivity index (χ4n) is 7.46. The molecule has 0 saturated carbocycles. The summed E-state index contributed by atoms with van der Waals surface area (Å²) in [5, 5.41) is 95.9. The molecular formula is C42H68N2O12S. The standard InChI is InChI=1S/C42H68N2O12S/c1-3-5-7-9-11-13-15-17-53-33-21-29(19-31(47)23-33)43-39-35(49)27-55-37(25-45)41(39,51)57-42(52)38(26-46)56-28-36(50)40(42)44-30-20-32(48)24-34(22-30)54-18-16-14-12-10-8-6-4-2/h19-24,35-40,43-52H,3-18,25-28H2,1-2H3/t35-,36-,37+,38+,39-,40-,41-,42-/m0/s1. The average molecular weight is 825 g/mol. The molecule has 0 bridgehead atoms. The van der Waals surface area contributed by atoms with Crippen molar-refractivity contribution in [2.24, 2.45) is 0 Å². The molecule has 8 atom stereocenters. The van der Waals surface area contributed by atoms with Crippen LogP contribution in [0.5, 0.6) is 23.0 Å². The number of hydrogen-bond acceptors (Lipinski definition) is 15. The number of aromatic hydroxyl groups is 2. The minimum absolute atomic E-state index is 0.130. The first-order valence-electron chi connectivity index (χ1n) is 20.9. The van der Waals surface area contributed by atoms with Gasteiger partial charge in [0.1, 0.15) is 47.4 Å². The number of benzene rings is 2. The number of aliphatic hydroxyl groups is 6. The summed E-state index contributed by atoms with van der Waals surface area (Å²) in [6, 6.07) is 6.23. The van der Waals surface area contributed by atoms with Crippen LogP contribution >= 0.6 is 11.8 Å². The van der Waals surface area contributed by atoms with Crippen LogP contribution in [0, 0.1) is 0 Å². The molecule has 324 valence electrons. The molecule has 2 aromatic carbocycles. The van der Waals surface area contributed by atoms with Crippen LogP contribution in [0.15, 0.2) is 36.4 Å². The van der Waals surface area contributed by atoms with Gasteiger partial charge in [-0.25, -0.2) is 0 Å². The van der Waals surface area contributed by atoms with Gasteiger partial charge in [-0.05, 0) is 12.8 Å². The van der Waals surface area contributed by atoms with E-state index in [9.17, 15) is 40.9 Å². The zero-order valence-corrected chi connectivity index (χ0v) is 34.5. The fourth-order valence-corrected chi connectivity index (χ4v) is 9.21. The Morgan fingerprint density at radius 1 is 0.596 bits per heavy atom. The highest BCUT2D eigenvalue weighted by Gasteiger charge is 2.62. The van der Waals surface area contributed by atoms with Crippen LogP contribution < -0.4 is 20.1 Å². The Morgan fingerprint density at radius 2 is 0.965 bits per heavy atom. The average Bonchev–Trinajstić information content (AvgIpc) is 3.17. The molecule has 0 radical (unpaired) electrons. The van der Waals surface area contributed by atoms with Crippen molar-refractivity contribution in [1.29, 1.82) is 0 Å². The first kappa shape index (κ1) is 47.0. The first-order valence-corrected chi connectivity index (χ1v) is 21.7. The van der Waals surface area contributed by atoms with E-state index in [4.69, 9.17) is 18.9 Å². The Hall–Kier alpha value is -2.73. The largest absolute Gasteiger partial charge is 0.508 e. The van der Waals surface area contributed by atoms with Crippen molar-refractivity contribution in [1.82, 2.24) is 0 Å². The van der Waals surface area contributed by atoms with E-state index in [1.807, 2.05) is 0 Å². The number of thioether (sulfide) groups is 1. The number of anilines is 2.